The summed E-state index contributed by atoms with van der Waals surface area (Å²) in [6.07, 6.45) is -12.5. The first kappa shape index (κ1) is 35.4. The zero-order valence-electron chi connectivity index (χ0n) is 25.3. The molecule has 2 amide bonds. The van der Waals surface area contributed by atoms with Crippen molar-refractivity contribution in [2.45, 2.75) is 76.7 Å². The number of benzene rings is 2. The van der Waals surface area contributed by atoms with Crippen LogP contribution in [0, 0.1) is 17.8 Å². The van der Waals surface area contributed by atoms with E-state index < -0.39 is 73.7 Å². The predicted octanol–water partition coefficient (Wildman–Crippen LogP) is 7.91. The molecule has 4 rings (SSSR count). The van der Waals surface area contributed by atoms with Crippen molar-refractivity contribution in [2.24, 2.45) is 17.8 Å². The highest BCUT2D eigenvalue weighted by Gasteiger charge is 2.42. The number of para-hydroxylation sites is 1. The van der Waals surface area contributed by atoms with Gasteiger partial charge in [0.2, 0.25) is 11.8 Å². The second-order valence-electron chi connectivity index (χ2n) is 12.2. The van der Waals surface area contributed by atoms with E-state index in [-0.39, 0.29) is 29.8 Å². The van der Waals surface area contributed by atoms with Crippen molar-refractivity contribution < 1.29 is 45.5 Å². The molecule has 1 heterocycles. The van der Waals surface area contributed by atoms with Crippen molar-refractivity contribution in [1.29, 1.82) is 0 Å². The van der Waals surface area contributed by atoms with Crippen LogP contribution in [0.5, 0.6) is 0 Å². The van der Waals surface area contributed by atoms with E-state index in [0.717, 1.165) is 18.4 Å². The van der Waals surface area contributed by atoms with Gasteiger partial charge >= 0.3 is 18.3 Å². The largest absolute Gasteiger partial charge is 0.465 e. The number of carbonyl (C=O) groups is 3. The lowest BCUT2D eigenvalue weighted by Crippen LogP contribution is -2.51. The maximum atomic E-state index is 13.7. The molecule has 1 aliphatic carbocycles. The first-order chi connectivity index (χ1) is 21.5. The van der Waals surface area contributed by atoms with Gasteiger partial charge in [-0.2, -0.15) is 26.3 Å². The number of rotatable bonds is 12. The summed E-state index contributed by atoms with van der Waals surface area (Å²) in [7, 11) is 0. The van der Waals surface area contributed by atoms with Crippen LogP contribution in [0.15, 0.2) is 42.5 Å². The molecule has 2 aromatic rings. The lowest BCUT2D eigenvalue weighted by atomic mass is 9.83. The Hall–Kier alpha value is -3.48. The second kappa shape index (κ2) is 14.5. The molecule has 1 saturated carbocycles. The third-order valence-corrected chi connectivity index (χ3v) is 8.24. The van der Waals surface area contributed by atoms with Crippen molar-refractivity contribution in [3.05, 3.63) is 53.1 Å². The smallest absolute Gasteiger partial charge is 0.389 e. The summed E-state index contributed by atoms with van der Waals surface area (Å²) in [4.78, 5) is 42.0. The molecular weight excluding hydrogens is 640 g/mol. The van der Waals surface area contributed by atoms with Gasteiger partial charge in [-0.05, 0) is 67.3 Å². The quantitative estimate of drug-likeness (QED) is 0.176. The predicted molar refractivity (Wildman–Crippen MR) is 161 cm³/mol. The van der Waals surface area contributed by atoms with E-state index in [1.807, 2.05) is 18.2 Å². The van der Waals surface area contributed by atoms with Gasteiger partial charge in [-0.1, -0.05) is 43.6 Å². The number of esters is 1. The monoisotopic (exact) mass is 675 g/mol. The van der Waals surface area contributed by atoms with Crippen LogP contribution in [0.1, 0.15) is 63.9 Å². The zero-order chi connectivity index (χ0) is 33.8. The van der Waals surface area contributed by atoms with Crippen LogP contribution in [-0.2, 0) is 19.1 Å². The first-order valence-electron chi connectivity index (χ1n) is 15.1. The molecule has 1 fully saturated rings. The van der Waals surface area contributed by atoms with E-state index >= 15 is 0 Å². The van der Waals surface area contributed by atoms with Crippen molar-refractivity contribution >= 4 is 46.4 Å². The van der Waals surface area contributed by atoms with Gasteiger partial charge in [0.05, 0.1) is 41.4 Å². The Kier molecular flexibility index (Phi) is 11.2. The average Bonchev–Trinajstić information content (AvgIpc) is 3.82. The molecular formula is C32H36ClF6N3O4. The number of anilines is 3. The van der Waals surface area contributed by atoms with Crippen molar-refractivity contribution in [2.75, 3.05) is 23.4 Å². The number of ether oxygens (including phenoxy) is 1. The van der Waals surface area contributed by atoms with Crippen molar-refractivity contribution in [1.82, 2.24) is 5.32 Å². The SMILES string of the molecule is CC(C)COC(=O)[C@@H](CCC(F)(F)F)[C@@H](CCC(F)(F)F)C(=O)N[C@H]1CN(c2cccc(C3CC3)c2)c2cccc(Cl)c2NC1=O. The molecule has 0 saturated heterocycles. The number of nitrogens with zero attached hydrogens (tertiary/aromatic N) is 1. The number of fused-ring (bicyclic) bond motifs is 1. The Morgan fingerprint density at radius 3 is 2.24 bits per heavy atom. The summed E-state index contributed by atoms with van der Waals surface area (Å²) in [5.74, 6) is -6.65. The number of alkyl halides is 6. The van der Waals surface area contributed by atoms with Crippen molar-refractivity contribution in [3.8, 4) is 0 Å². The normalized spacial score (nSPS) is 18.3. The van der Waals surface area contributed by atoms with E-state index in [2.05, 4.69) is 10.6 Å². The Labute approximate surface area is 268 Å². The standard InChI is InChI=1S/C32H36ClF6N3O4/c1-18(2)17-46-30(45)23(12-14-32(37,38)39)22(11-13-31(34,35)36)28(43)40-25-16-42(21-6-3-5-20(15-21)19-9-10-19)26-8-4-7-24(33)27(26)41-29(25)44/h3-8,15,18-19,22-23,25H,9-14,16-17H2,1-2H3,(H,40,43)(H,41,44)/t22-,23+,25+/m1/s1. The van der Waals surface area contributed by atoms with Gasteiger partial charge < -0.3 is 20.3 Å². The summed E-state index contributed by atoms with van der Waals surface area (Å²) in [6.45, 7) is 2.96. The topological polar surface area (TPSA) is 87.7 Å². The molecule has 0 aromatic heterocycles. The first-order valence-corrected chi connectivity index (χ1v) is 15.5. The summed E-state index contributed by atoms with van der Waals surface area (Å²) >= 11 is 6.43. The van der Waals surface area contributed by atoms with Crippen LogP contribution in [-0.4, -0.2) is 49.3 Å². The minimum Gasteiger partial charge on any atom is -0.465 e. The molecule has 0 spiro atoms. The van der Waals surface area contributed by atoms with E-state index in [4.69, 9.17) is 16.3 Å². The molecule has 252 valence electrons. The van der Waals surface area contributed by atoms with Crippen LogP contribution in [0.4, 0.5) is 43.4 Å². The number of halogens is 7. The van der Waals surface area contributed by atoms with Gasteiger partial charge in [-0.25, -0.2) is 0 Å². The number of amides is 2. The molecule has 0 radical (unpaired) electrons. The van der Waals surface area contributed by atoms with Gasteiger partial charge in [-0.3, -0.25) is 14.4 Å². The fraction of sp³-hybridized carbons (Fsp3) is 0.531. The van der Waals surface area contributed by atoms with Crippen LogP contribution in [0.2, 0.25) is 5.02 Å². The van der Waals surface area contributed by atoms with Gasteiger partial charge in [-0.15, -0.1) is 0 Å². The van der Waals surface area contributed by atoms with Crippen LogP contribution < -0.4 is 15.5 Å². The summed E-state index contributed by atoms with van der Waals surface area (Å²) < 4.78 is 84.9. The number of carbonyl (C=O) groups excluding carboxylic acids is 3. The average molecular weight is 676 g/mol. The Morgan fingerprint density at radius 2 is 1.63 bits per heavy atom. The van der Waals surface area contributed by atoms with Gasteiger partial charge in [0, 0.05) is 18.5 Å². The van der Waals surface area contributed by atoms with Gasteiger partial charge in [0.25, 0.3) is 0 Å². The van der Waals surface area contributed by atoms with E-state index in [1.54, 1.807) is 43.0 Å². The summed E-state index contributed by atoms with van der Waals surface area (Å²) in [6, 6.07) is 11.1. The number of hydrogen-bond donors (Lipinski definition) is 2. The molecule has 3 atom stereocenters. The number of nitrogens with one attached hydrogen (secondary N) is 2. The van der Waals surface area contributed by atoms with E-state index in [1.165, 1.54) is 0 Å². The molecule has 46 heavy (non-hydrogen) atoms. The second-order valence-corrected chi connectivity index (χ2v) is 12.6. The molecule has 0 bridgehead atoms. The lowest BCUT2D eigenvalue weighted by Gasteiger charge is -2.30. The molecule has 14 heteroatoms. The maximum absolute atomic E-state index is 13.7. The van der Waals surface area contributed by atoms with E-state index in [9.17, 15) is 40.7 Å². The van der Waals surface area contributed by atoms with Crippen LogP contribution >= 0.6 is 11.6 Å². The fourth-order valence-electron chi connectivity index (χ4n) is 5.43. The molecule has 2 aromatic carbocycles. The van der Waals surface area contributed by atoms with Crippen LogP contribution in [0.25, 0.3) is 0 Å². The Morgan fingerprint density at radius 1 is 1.00 bits per heavy atom. The third-order valence-electron chi connectivity index (χ3n) is 7.92. The minimum absolute atomic E-state index is 0.184. The molecule has 2 aliphatic rings. The lowest BCUT2D eigenvalue weighted by molar-refractivity contribution is -0.164. The molecule has 1 aliphatic heterocycles. The Balaban J connectivity index is 1.67. The molecule has 2 N–H and O–H groups in total. The molecule has 7 nitrogen and oxygen atoms in total. The summed E-state index contributed by atoms with van der Waals surface area (Å²) in [5.41, 5.74) is 2.48. The van der Waals surface area contributed by atoms with Crippen LogP contribution in [0.3, 0.4) is 0 Å². The highest BCUT2D eigenvalue weighted by molar-refractivity contribution is 6.34. The van der Waals surface area contributed by atoms with Gasteiger partial charge in [0.15, 0.2) is 0 Å². The summed E-state index contributed by atoms with van der Waals surface area (Å²) in [5, 5.41) is 5.33. The van der Waals surface area contributed by atoms with Gasteiger partial charge in [0.1, 0.15) is 6.04 Å². The highest BCUT2D eigenvalue weighted by atomic mass is 35.5. The minimum atomic E-state index is -4.77. The third kappa shape index (κ3) is 9.76. The highest BCUT2D eigenvalue weighted by Crippen LogP contribution is 2.44. The Bertz CT molecular complexity index is 1410. The zero-order valence-corrected chi connectivity index (χ0v) is 26.1. The fourth-order valence-corrected chi connectivity index (χ4v) is 5.64. The van der Waals surface area contributed by atoms with Crippen molar-refractivity contribution in [3.63, 3.8) is 0 Å². The number of hydrogen-bond acceptors (Lipinski definition) is 5. The molecule has 0 unspecified atom stereocenters. The van der Waals surface area contributed by atoms with E-state index in [0.29, 0.717) is 17.3 Å². The maximum Gasteiger partial charge on any atom is 0.389 e.